The maximum atomic E-state index is 13.2. The number of rotatable bonds is 6. The standard InChI is InChI=1S/C24H29ClN2O3/c25-21-7-5-20(6-8-21)24(9-13-29-14-10-24)18-26-23(28)22-4-2-1-3-19(22)17-27-11-15-30-16-12-27/h1-8H,9-18H2,(H,26,28). The Balaban J connectivity index is 1.48. The van der Waals surface area contributed by atoms with E-state index in [-0.39, 0.29) is 11.3 Å². The Labute approximate surface area is 183 Å². The summed E-state index contributed by atoms with van der Waals surface area (Å²) in [4.78, 5) is 15.5. The Bertz CT molecular complexity index is 844. The van der Waals surface area contributed by atoms with Crippen molar-refractivity contribution in [2.45, 2.75) is 24.8 Å². The second-order valence-corrected chi connectivity index (χ2v) is 8.56. The number of nitrogens with one attached hydrogen (secondary N) is 1. The van der Waals surface area contributed by atoms with Gasteiger partial charge in [-0.25, -0.2) is 0 Å². The van der Waals surface area contributed by atoms with Crippen LogP contribution in [0.25, 0.3) is 0 Å². The van der Waals surface area contributed by atoms with Crippen LogP contribution in [0, 0.1) is 0 Å². The molecular formula is C24H29ClN2O3. The van der Waals surface area contributed by atoms with Gasteiger partial charge in [-0.1, -0.05) is 41.9 Å². The number of hydrogen-bond acceptors (Lipinski definition) is 4. The van der Waals surface area contributed by atoms with Gasteiger partial charge >= 0.3 is 0 Å². The molecule has 1 amide bonds. The lowest BCUT2D eigenvalue weighted by atomic mass is 9.74. The van der Waals surface area contributed by atoms with Gasteiger partial charge in [-0.05, 0) is 42.2 Å². The van der Waals surface area contributed by atoms with Crippen LogP contribution in [0.2, 0.25) is 5.02 Å². The minimum atomic E-state index is -0.127. The summed E-state index contributed by atoms with van der Waals surface area (Å²) in [5.74, 6) is -0.0151. The Kier molecular flexibility index (Phi) is 7.05. The van der Waals surface area contributed by atoms with Crippen LogP contribution in [0.3, 0.4) is 0 Å². The SMILES string of the molecule is O=C(NCC1(c2ccc(Cl)cc2)CCOCC1)c1ccccc1CN1CCOCC1. The molecule has 6 heteroatoms. The van der Waals surface area contributed by atoms with Gasteiger partial charge in [0.25, 0.3) is 5.91 Å². The zero-order valence-electron chi connectivity index (χ0n) is 17.2. The summed E-state index contributed by atoms with van der Waals surface area (Å²) in [6.45, 7) is 6.05. The van der Waals surface area contributed by atoms with E-state index in [0.717, 1.165) is 61.8 Å². The molecule has 2 aliphatic rings. The lowest BCUT2D eigenvalue weighted by Crippen LogP contribution is -2.45. The topological polar surface area (TPSA) is 50.8 Å². The molecule has 2 aromatic rings. The Morgan fingerprint density at radius 3 is 2.37 bits per heavy atom. The monoisotopic (exact) mass is 428 g/mol. The molecule has 0 saturated carbocycles. The van der Waals surface area contributed by atoms with Gasteiger partial charge in [0, 0.05) is 55.4 Å². The van der Waals surface area contributed by atoms with Gasteiger partial charge in [-0.3, -0.25) is 9.69 Å². The van der Waals surface area contributed by atoms with Gasteiger partial charge in [0.1, 0.15) is 0 Å². The summed E-state index contributed by atoms with van der Waals surface area (Å²) in [5, 5.41) is 3.95. The molecule has 0 bridgehead atoms. The van der Waals surface area contributed by atoms with Crippen LogP contribution in [-0.4, -0.2) is 56.9 Å². The number of amides is 1. The summed E-state index contributed by atoms with van der Waals surface area (Å²) in [5.41, 5.74) is 2.89. The second kappa shape index (κ2) is 9.92. The van der Waals surface area contributed by atoms with E-state index in [1.807, 2.05) is 36.4 Å². The molecule has 1 N–H and O–H groups in total. The quantitative estimate of drug-likeness (QED) is 0.763. The van der Waals surface area contributed by atoms with E-state index in [9.17, 15) is 4.79 Å². The first-order chi connectivity index (χ1) is 14.7. The fraction of sp³-hybridized carbons (Fsp3) is 0.458. The maximum Gasteiger partial charge on any atom is 0.251 e. The molecule has 0 aromatic heterocycles. The third kappa shape index (κ3) is 5.03. The molecule has 4 rings (SSSR count). The highest BCUT2D eigenvalue weighted by Gasteiger charge is 2.35. The van der Waals surface area contributed by atoms with E-state index in [2.05, 4.69) is 22.3 Å². The van der Waals surface area contributed by atoms with Gasteiger partial charge in [-0.2, -0.15) is 0 Å². The van der Waals surface area contributed by atoms with E-state index >= 15 is 0 Å². The number of hydrogen-bond donors (Lipinski definition) is 1. The van der Waals surface area contributed by atoms with Crippen molar-refractivity contribution in [1.82, 2.24) is 10.2 Å². The molecular weight excluding hydrogens is 400 g/mol. The highest BCUT2D eigenvalue weighted by Crippen LogP contribution is 2.35. The predicted octanol–water partition coefficient (Wildman–Crippen LogP) is 3.65. The van der Waals surface area contributed by atoms with E-state index in [4.69, 9.17) is 21.1 Å². The lowest BCUT2D eigenvalue weighted by Gasteiger charge is -2.38. The fourth-order valence-electron chi connectivity index (χ4n) is 4.36. The average Bonchev–Trinajstić information content (AvgIpc) is 2.80. The van der Waals surface area contributed by atoms with E-state index in [1.54, 1.807) is 0 Å². The third-order valence-corrected chi connectivity index (χ3v) is 6.51. The van der Waals surface area contributed by atoms with Crippen molar-refractivity contribution in [2.24, 2.45) is 0 Å². The Morgan fingerprint density at radius 1 is 0.967 bits per heavy atom. The molecule has 5 nitrogen and oxygen atoms in total. The molecule has 2 fully saturated rings. The van der Waals surface area contributed by atoms with Crippen LogP contribution in [0.5, 0.6) is 0 Å². The van der Waals surface area contributed by atoms with Crippen molar-refractivity contribution in [2.75, 3.05) is 46.1 Å². The Morgan fingerprint density at radius 2 is 1.63 bits per heavy atom. The lowest BCUT2D eigenvalue weighted by molar-refractivity contribution is 0.0340. The molecule has 160 valence electrons. The van der Waals surface area contributed by atoms with Crippen LogP contribution in [0.15, 0.2) is 48.5 Å². The molecule has 30 heavy (non-hydrogen) atoms. The van der Waals surface area contributed by atoms with Crippen molar-refractivity contribution in [3.63, 3.8) is 0 Å². The molecule has 0 radical (unpaired) electrons. The molecule has 2 aliphatic heterocycles. The van der Waals surface area contributed by atoms with Crippen LogP contribution in [0.4, 0.5) is 0 Å². The van der Waals surface area contributed by atoms with Gasteiger partial charge < -0.3 is 14.8 Å². The van der Waals surface area contributed by atoms with E-state index < -0.39 is 0 Å². The number of nitrogens with zero attached hydrogens (tertiary/aromatic N) is 1. The van der Waals surface area contributed by atoms with Crippen molar-refractivity contribution >= 4 is 17.5 Å². The number of morpholine rings is 1. The normalized spacial score (nSPS) is 19.4. The average molecular weight is 429 g/mol. The van der Waals surface area contributed by atoms with Gasteiger partial charge in [0.15, 0.2) is 0 Å². The van der Waals surface area contributed by atoms with Crippen molar-refractivity contribution < 1.29 is 14.3 Å². The largest absolute Gasteiger partial charge is 0.381 e. The fourth-order valence-corrected chi connectivity index (χ4v) is 4.48. The smallest absolute Gasteiger partial charge is 0.251 e. The summed E-state index contributed by atoms with van der Waals surface area (Å²) in [7, 11) is 0. The minimum absolute atomic E-state index is 0.0151. The van der Waals surface area contributed by atoms with Crippen LogP contribution < -0.4 is 5.32 Å². The number of carbonyl (C=O) groups excluding carboxylic acids is 1. The molecule has 2 saturated heterocycles. The van der Waals surface area contributed by atoms with Crippen molar-refractivity contribution in [3.8, 4) is 0 Å². The second-order valence-electron chi connectivity index (χ2n) is 8.13. The molecule has 0 atom stereocenters. The first kappa shape index (κ1) is 21.3. The van der Waals surface area contributed by atoms with Gasteiger partial charge in [-0.15, -0.1) is 0 Å². The van der Waals surface area contributed by atoms with Crippen LogP contribution in [0.1, 0.15) is 34.3 Å². The van der Waals surface area contributed by atoms with Crippen molar-refractivity contribution in [3.05, 3.63) is 70.2 Å². The Hall–Kier alpha value is -1.92. The summed E-state index contributed by atoms with van der Waals surface area (Å²) >= 11 is 6.09. The predicted molar refractivity (Wildman–Crippen MR) is 118 cm³/mol. The molecule has 0 aliphatic carbocycles. The van der Waals surface area contributed by atoms with Gasteiger partial charge in [0.05, 0.1) is 13.2 Å². The van der Waals surface area contributed by atoms with Crippen LogP contribution >= 0.6 is 11.6 Å². The maximum absolute atomic E-state index is 13.2. The first-order valence-corrected chi connectivity index (χ1v) is 11.0. The van der Waals surface area contributed by atoms with E-state index in [1.165, 1.54) is 5.56 Å². The third-order valence-electron chi connectivity index (χ3n) is 6.25. The number of benzene rings is 2. The van der Waals surface area contributed by atoms with E-state index in [0.29, 0.717) is 19.8 Å². The molecule has 2 aromatic carbocycles. The first-order valence-electron chi connectivity index (χ1n) is 10.7. The summed E-state index contributed by atoms with van der Waals surface area (Å²) in [6.07, 6.45) is 1.76. The highest BCUT2D eigenvalue weighted by atomic mass is 35.5. The highest BCUT2D eigenvalue weighted by molar-refractivity contribution is 6.30. The molecule has 0 spiro atoms. The van der Waals surface area contributed by atoms with Crippen LogP contribution in [-0.2, 0) is 21.4 Å². The number of carbonyl (C=O) groups is 1. The summed E-state index contributed by atoms with van der Waals surface area (Å²) < 4.78 is 11.1. The number of ether oxygens (including phenoxy) is 2. The van der Waals surface area contributed by atoms with Gasteiger partial charge in [0.2, 0.25) is 0 Å². The zero-order chi connectivity index (χ0) is 20.8. The zero-order valence-corrected chi connectivity index (χ0v) is 18.0. The molecule has 0 unspecified atom stereocenters. The molecule has 2 heterocycles. The number of halogens is 1. The van der Waals surface area contributed by atoms with Crippen molar-refractivity contribution in [1.29, 1.82) is 0 Å². The summed E-state index contributed by atoms with van der Waals surface area (Å²) in [6, 6.07) is 15.9. The minimum Gasteiger partial charge on any atom is -0.381 e.